The Morgan fingerprint density at radius 2 is 2.22 bits per heavy atom. The van der Waals surface area contributed by atoms with Gasteiger partial charge in [-0.15, -0.1) is 0 Å². The molecule has 0 saturated carbocycles. The number of hydrogen-bond donors (Lipinski definition) is 1. The van der Waals surface area contributed by atoms with Crippen molar-refractivity contribution in [3.63, 3.8) is 0 Å². The molecule has 18 heavy (non-hydrogen) atoms. The van der Waals surface area contributed by atoms with Gasteiger partial charge in [0.2, 0.25) is 0 Å². The van der Waals surface area contributed by atoms with Gasteiger partial charge in [0.05, 0.1) is 5.69 Å². The number of nitrogens with two attached hydrogens (primary N) is 1. The fourth-order valence-electron chi connectivity index (χ4n) is 2.13. The highest BCUT2D eigenvalue weighted by Gasteiger charge is 2.28. The predicted molar refractivity (Wildman–Crippen MR) is 71.9 cm³/mol. The minimum atomic E-state index is -0.411. The number of carbonyl (C=O) groups excluding carboxylic acids is 1. The van der Waals surface area contributed by atoms with E-state index in [-0.39, 0.29) is 11.9 Å². The summed E-state index contributed by atoms with van der Waals surface area (Å²) in [5.74, 6) is 0.748. The molecule has 4 heteroatoms. The third-order valence-corrected chi connectivity index (χ3v) is 3.39. The second-order valence-electron chi connectivity index (χ2n) is 4.83. The van der Waals surface area contributed by atoms with Crippen molar-refractivity contribution in [1.82, 2.24) is 0 Å². The fourth-order valence-corrected chi connectivity index (χ4v) is 2.13. The molecular weight excluding hydrogens is 228 g/mol. The average Bonchev–Trinajstić information content (AvgIpc) is 2.37. The predicted octanol–water partition coefficient (Wildman–Crippen LogP) is 1.71. The van der Waals surface area contributed by atoms with E-state index in [0.717, 1.165) is 29.8 Å². The topological polar surface area (TPSA) is 55.6 Å². The molecule has 1 aromatic rings. The molecule has 0 saturated heterocycles. The van der Waals surface area contributed by atoms with Crippen LogP contribution in [0.1, 0.15) is 25.8 Å². The number of benzene rings is 1. The Labute approximate surface area is 108 Å². The fraction of sp³-hybridized carbons (Fsp3) is 0.500. The van der Waals surface area contributed by atoms with E-state index in [9.17, 15) is 4.79 Å². The Balaban J connectivity index is 2.29. The van der Waals surface area contributed by atoms with Crippen molar-refractivity contribution in [3.05, 3.63) is 23.8 Å². The molecule has 2 rings (SSSR count). The lowest BCUT2D eigenvalue weighted by Gasteiger charge is -2.30. The van der Waals surface area contributed by atoms with Crippen LogP contribution >= 0.6 is 0 Å². The molecule has 1 aromatic carbocycles. The SMILES string of the molecule is CCC(N)Cc1ccc2c(c1)N(C)C(=O)C(C)O2. The van der Waals surface area contributed by atoms with Crippen molar-refractivity contribution in [2.24, 2.45) is 5.73 Å². The van der Waals surface area contributed by atoms with Crippen molar-refractivity contribution in [2.45, 2.75) is 38.8 Å². The van der Waals surface area contributed by atoms with Crippen LogP contribution in [0, 0.1) is 0 Å². The summed E-state index contributed by atoms with van der Waals surface area (Å²) in [5, 5.41) is 0. The van der Waals surface area contributed by atoms with Crippen LogP contribution in [0.4, 0.5) is 5.69 Å². The lowest BCUT2D eigenvalue weighted by Crippen LogP contribution is -2.42. The maximum absolute atomic E-state index is 11.9. The van der Waals surface area contributed by atoms with E-state index >= 15 is 0 Å². The summed E-state index contributed by atoms with van der Waals surface area (Å²) in [7, 11) is 1.78. The smallest absolute Gasteiger partial charge is 0.267 e. The summed E-state index contributed by atoms with van der Waals surface area (Å²) < 4.78 is 5.58. The second kappa shape index (κ2) is 4.98. The molecule has 1 amide bonds. The Morgan fingerprint density at radius 1 is 1.50 bits per heavy atom. The summed E-state index contributed by atoms with van der Waals surface area (Å²) in [4.78, 5) is 13.5. The number of ether oxygens (including phenoxy) is 1. The van der Waals surface area contributed by atoms with Gasteiger partial charge in [-0.1, -0.05) is 13.0 Å². The molecule has 4 nitrogen and oxygen atoms in total. The summed E-state index contributed by atoms with van der Waals surface area (Å²) in [6.07, 6.45) is 1.35. The van der Waals surface area contributed by atoms with E-state index in [1.165, 1.54) is 0 Å². The van der Waals surface area contributed by atoms with Gasteiger partial charge in [-0.25, -0.2) is 0 Å². The summed E-state index contributed by atoms with van der Waals surface area (Å²) >= 11 is 0. The van der Waals surface area contributed by atoms with E-state index in [4.69, 9.17) is 10.5 Å². The van der Waals surface area contributed by atoms with Crippen molar-refractivity contribution in [2.75, 3.05) is 11.9 Å². The van der Waals surface area contributed by atoms with Crippen LogP contribution in [0.3, 0.4) is 0 Å². The number of likely N-dealkylation sites (N-methyl/N-ethyl adjacent to an activating group) is 1. The Kier molecular flexibility index (Phi) is 3.57. The Morgan fingerprint density at radius 3 is 2.89 bits per heavy atom. The molecular formula is C14H20N2O2. The zero-order chi connectivity index (χ0) is 13.3. The summed E-state index contributed by atoms with van der Waals surface area (Å²) in [6.45, 7) is 3.84. The molecule has 2 atom stereocenters. The first-order valence-electron chi connectivity index (χ1n) is 6.35. The minimum absolute atomic E-state index is 0.0144. The number of carbonyl (C=O) groups is 1. The Hall–Kier alpha value is -1.55. The van der Waals surface area contributed by atoms with Gasteiger partial charge in [0.1, 0.15) is 5.75 Å². The van der Waals surface area contributed by atoms with Crippen molar-refractivity contribution >= 4 is 11.6 Å². The summed E-state index contributed by atoms with van der Waals surface area (Å²) in [5.41, 5.74) is 7.93. The molecule has 1 aliphatic rings. The molecule has 0 aromatic heterocycles. The van der Waals surface area contributed by atoms with Crippen LogP contribution in [0.15, 0.2) is 18.2 Å². The van der Waals surface area contributed by atoms with Gasteiger partial charge in [0, 0.05) is 13.1 Å². The van der Waals surface area contributed by atoms with Crippen LogP contribution < -0.4 is 15.4 Å². The van der Waals surface area contributed by atoms with Crippen molar-refractivity contribution in [1.29, 1.82) is 0 Å². The molecule has 0 aliphatic carbocycles. The van der Waals surface area contributed by atoms with Crippen LogP contribution in [-0.2, 0) is 11.2 Å². The van der Waals surface area contributed by atoms with Crippen molar-refractivity contribution in [3.8, 4) is 5.75 Å². The first kappa shape index (κ1) is 12.9. The van der Waals surface area contributed by atoms with Gasteiger partial charge in [-0.2, -0.15) is 0 Å². The molecule has 2 unspecified atom stereocenters. The molecule has 0 fully saturated rings. The van der Waals surface area contributed by atoms with Gasteiger partial charge in [0.15, 0.2) is 6.10 Å². The number of fused-ring (bicyclic) bond motifs is 1. The molecule has 0 bridgehead atoms. The molecule has 2 N–H and O–H groups in total. The van der Waals surface area contributed by atoms with Crippen molar-refractivity contribution < 1.29 is 9.53 Å². The third kappa shape index (κ3) is 2.34. The number of hydrogen-bond acceptors (Lipinski definition) is 3. The van der Waals surface area contributed by atoms with Crippen LogP contribution in [0.25, 0.3) is 0 Å². The van der Waals surface area contributed by atoms with E-state index in [0.29, 0.717) is 0 Å². The van der Waals surface area contributed by atoms with Gasteiger partial charge >= 0.3 is 0 Å². The first-order chi connectivity index (χ1) is 8.52. The number of anilines is 1. The summed E-state index contributed by atoms with van der Waals surface area (Å²) in [6, 6.07) is 6.10. The van der Waals surface area contributed by atoms with Gasteiger partial charge in [-0.3, -0.25) is 4.79 Å². The quantitative estimate of drug-likeness (QED) is 0.886. The number of rotatable bonds is 3. The zero-order valence-corrected chi connectivity index (χ0v) is 11.1. The van der Waals surface area contributed by atoms with Crippen LogP contribution in [0.5, 0.6) is 5.75 Å². The maximum Gasteiger partial charge on any atom is 0.267 e. The van der Waals surface area contributed by atoms with Gasteiger partial charge in [0.25, 0.3) is 5.91 Å². The van der Waals surface area contributed by atoms with Gasteiger partial charge in [-0.05, 0) is 37.5 Å². The van der Waals surface area contributed by atoms with E-state index in [1.54, 1.807) is 18.9 Å². The zero-order valence-electron chi connectivity index (χ0n) is 11.1. The second-order valence-corrected chi connectivity index (χ2v) is 4.83. The average molecular weight is 248 g/mol. The molecule has 0 radical (unpaired) electrons. The number of nitrogens with zero attached hydrogens (tertiary/aromatic N) is 1. The highest BCUT2D eigenvalue weighted by atomic mass is 16.5. The monoisotopic (exact) mass is 248 g/mol. The van der Waals surface area contributed by atoms with Gasteiger partial charge < -0.3 is 15.4 Å². The lowest BCUT2D eigenvalue weighted by atomic mass is 10.0. The number of amides is 1. The van der Waals surface area contributed by atoms with E-state index in [2.05, 4.69) is 6.92 Å². The molecule has 98 valence electrons. The largest absolute Gasteiger partial charge is 0.479 e. The lowest BCUT2D eigenvalue weighted by molar-refractivity contribution is -0.125. The first-order valence-corrected chi connectivity index (χ1v) is 6.35. The highest BCUT2D eigenvalue weighted by Crippen LogP contribution is 2.34. The third-order valence-electron chi connectivity index (χ3n) is 3.39. The Bertz CT molecular complexity index is 459. The normalized spacial score (nSPS) is 20.3. The molecule has 1 aliphatic heterocycles. The van der Waals surface area contributed by atoms with E-state index < -0.39 is 6.10 Å². The standard InChI is InChI=1S/C14H20N2O2/c1-4-11(15)7-10-5-6-13-12(8-10)16(3)14(17)9(2)18-13/h5-6,8-9,11H,4,7,15H2,1-3H3. The van der Waals surface area contributed by atoms with Crippen LogP contribution in [-0.4, -0.2) is 25.1 Å². The minimum Gasteiger partial charge on any atom is -0.479 e. The van der Waals surface area contributed by atoms with Crippen LogP contribution in [0.2, 0.25) is 0 Å². The molecule has 0 spiro atoms. The van der Waals surface area contributed by atoms with E-state index in [1.807, 2.05) is 18.2 Å². The highest BCUT2D eigenvalue weighted by molar-refractivity contribution is 5.99. The molecule has 1 heterocycles. The maximum atomic E-state index is 11.9.